The van der Waals surface area contributed by atoms with Crippen molar-refractivity contribution in [2.24, 2.45) is 0 Å². The van der Waals surface area contributed by atoms with Gasteiger partial charge in [-0.3, -0.25) is 4.79 Å². The Morgan fingerprint density at radius 3 is 2.63 bits per heavy atom. The topological polar surface area (TPSA) is 52.7 Å². The van der Waals surface area contributed by atoms with Gasteiger partial charge in [-0.2, -0.15) is 0 Å². The highest BCUT2D eigenvalue weighted by molar-refractivity contribution is 5.92. The van der Waals surface area contributed by atoms with E-state index >= 15 is 0 Å². The minimum absolute atomic E-state index is 0.0518. The first kappa shape index (κ1) is 18.9. The third-order valence-electron chi connectivity index (χ3n) is 4.98. The number of hydrogen-bond donors (Lipinski definition) is 1. The average molecular weight is 369 g/mol. The molecule has 1 N–H and O–H groups in total. The fourth-order valence-corrected chi connectivity index (χ4v) is 3.40. The van der Waals surface area contributed by atoms with E-state index < -0.39 is 0 Å². The van der Waals surface area contributed by atoms with Crippen LogP contribution in [0, 0.1) is 5.82 Å². The van der Waals surface area contributed by atoms with Gasteiger partial charge in [-0.25, -0.2) is 9.18 Å². The van der Waals surface area contributed by atoms with Crippen LogP contribution >= 0.6 is 0 Å². The molecule has 3 rings (SSSR count). The highest BCUT2D eigenvalue weighted by atomic mass is 19.1. The maximum Gasteiger partial charge on any atom is 0.322 e. The van der Waals surface area contributed by atoms with Crippen LogP contribution in [-0.2, 0) is 11.2 Å². The molecule has 0 aliphatic carbocycles. The predicted molar refractivity (Wildman–Crippen MR) is 104 cm³/mol. The van der Waals surface area contributed by atoms with Gasteiger partial charge in [-0.1, -0.05) is 12.1 Å². The zero-order chi connectivity index (χ0) is 19.4. The average Bonchev–Trinajstić information content (AvgIpc) is 3.10. The minimum Gasteiger partial charge on any atom is -0.321 e. The predicted octanol–water partition coefficient (Wildman–Crippen LogP) is 4.05. The number of anilines is 2. The quantitative estimate of drug-likeness (QED) is 0.884. The zero-order valence-corrected chi connectivity index (χ0v) is 15.6. The van der Waals surface area contributed by atoms with Crippen molar-refractivity contribution in [1.82, 2.24) is 4.90 Å². The second kappa shape index (κ2) is 8.20. The molecule has 142 valence electrons. The molecule has 3 amide bonds. The van der Waals surface area contributed by atoms with E-state index in [9.17, 15) is 14.0 Å². The van der Waals surface area contributed by atoms with E-state index in [-0.39, 0.29) is 23.8 Å². The number of nitrogens with one attached hydrogen (secondary N) is 1. The van der Waals surface area contributed by atoms with E-state index in [2.05, 4.69) is 5.32 Å². The Labute approximate surface area is 158 Å². The van der Waals surface area contributed by atoms with Crippen molar-refractivity contribution in [3.05, 3.63) is 59.9 Å². The number of likely N-dealkylation sites (tertiary alicyclic amines) is 1. The SMILES string of the molecule is CC(=O)N(C)c1ccc(NC(=O)N2CCC[C@H]2Cc2cccc(F)c2)cc1. The van der Waals surface area contributed by atoms with Crippen LogP contribution in [0.3, 0.4) is 0 Å². The second-order valence-corrected chi connectivity index (χ2v) is 6.88. The number of carbonyl (C=O) groups excluding carboxylic acids is 2. The summed E-state index contributed by atoms with van der Waals surface area (Å²) in [5, 5.41) is 2.92. The van der Waals surface area contributed by atoms with Gasteiger partial charge in [0.2, 0.25) is 5.91 Å². The van der Waals surface area contributed by atoms with Crippen molar-refractivity contribution >= 4 is 23.3 Å². The molecule has 2 aromatic carbocycles. The largest absolute Gasteiger partial charge is 0.322 e. The van der Waals surface area contributed by atoms with Crippen molar-refractivity contribution < 1.29 is 14.0 Å². The third kappa shape index (κ3) is 4.64. The van der Waals surface area contributed by atoms with Gasteiger partial charge in [-0.05, 0) is 61.2 Å². The van der Waals surface area contributed by atoms with Crippen LogP contribution in [0.1, 0.15) is 25.3 Å². The summed E-state index contributed by atoms with van der Waals surface area (Å²) in [5.74, 6) is -0.304. The van der Waals surface area contributed by atoms with Crippen molar-refractivity contribution in [2.45, 2.75) is 32.2 Å². The van der Waals surface area contributed by atoms with Gasteiger partial charge < -0.3 is 15.1 Å². The molecule has 1 aliphatic rings. The standard InChI is InChI=1S/C21H24FN3O2/c1-15(26)24(2)19-10-8-18(9-11-19)23-21(27)25-12-4-7-20(25)14-16-5-3-6-17(22)13-16/h3,5-6,8-11,13,20H,4,7,12,14H2,1-2H3,(H,23,27)/t20-/m0/s1. The maximum atomic E-state index is 13.4. The smallest absolute Gasteiger partial charge is 0.321 e. The number of amides is 3. The van der Waals surface area contributed by atoms with Gasteiger partial charge in [0.25, 0.3) is 0 Å². The molecule has 6 heteroatoms. The molecule has 1 saturated heterocycles. The van der Waals surface area contributed by atoms with Gasteiger partial charge in [-0.15, -0.1) is 0 Å². The fraction of sp³-hybridized carbons (Fsp3) is 0.333. The van der Waals surface area contributed by atoms with E-state index in [0.29, 0.717) is 18.7 Å². The molecule has 0 bridgehead atoms. The number of nitrogens with zero attached hydrogens (tertiary/aromatic N) is 2. The van der Waals surface area contributed by atoms with E-state index in [1.807, 2.05) is 11.0 Å². The van der Waals surface area contributed by atoms with E-state index in [4.69, 9.17) is 0 Å². The molecule has 1 atom stereocenters. The summed E-state index contributed by atoms with van der Waals surface area (Å²) in [7, 11) is 1.71. The summed E-state index contributed by atoms with van der Waals surface area (Å²) in [6, 6.07) is 13.6. The summed E-state index contributed by atoms with van der Waals surface area (Å²) >= 11 is 0. The summed E-state index contributed by atoms with van der Waals surface area (Å²) in [6.45, 7) is 2.19. The fourth-order valence-electron chi connectivity index (χ4n) is 3.40. The molecule has 0 aromatic heterocycles. The minimum atomic E-state index is -0.253. The van der Waals surface area contributed by atoms with Gasteiger partial charge in [0.05, 0.1) is 0 Å². The van der Waals surface area contributed by atoms with Crippen molar-refractivity contribution in [3.63, 3.8) is 0 Å². The molecule has 2 aromatic rings. The Balaban J connectivity index is 1.63. The molecular formula is C21H24FN3O2. The van der Waals surface area contributed by atoms with Crippen LogP contribution in [0.15, 0.2) is 48.5 Å². The van der Waals surface area contributed by atoms with Crippen molar-refractivity contribution in [3.8, 4) is 0 Å². The van der Waals surface area contributed by atoms with Crippen molar-refractivity contribution in [1.29, 1.82) is 0 Å². The molecule has 0 unspecified atom stereocenters. The number of halogens is 1. The molecule has 1 fully saturated rings. The number of urea groups is 1. The monoisotopic (exact) mass is 369 g/mol. The number of hydrogen-bond acceptors (Lipinski definition) is 2. The lowest BCUT2D eigenvalue weighted by Crippen LogP contribution is -2.39. The lowest BCUT2D eigenvalue weighted by Gasteiger charge is -2.25. The Bertz CT molecular complexity index is 822. The Hall–Kier alpha value is -2.89. The number of carbonyl (C=O) groups is 2. The van der Waals surface area contributed by atoms with E-state index in [0.717, 1.165) is 24.1 Å². The molecule has 5 nitrogen and oxygen atoms in total. The van der Waals surface area contributed by atoms with Gasteiger partial charge in [0.1, 0.15) is 5.82 Å². The Morgan fingerprint density at radius 1 is 1.22 bits per heavy atom. The summed E-state index contributed by atoms with van der Waals surface area (Å²) in [5.41, 5.74) is 2.35. The molecular weight excluding hydrogens is 345 g/mol. The van der Waals surface area contributed by atoms with E-state index in [1.165, 1.54) is 19.1 Å². The van der Waals surface area contributed by atoms with Crippen LogP contribution in [0.4, 0.5) is 20.6 Å². The van der Waals surface area contributed by atoms with Crippen LogP contribution < -0.4 is 10.2 Å². The second-order valence-electron chi connectivity index (χ2n) is 6.88. The maximum absolute atomic E-state index is 13.4. The number of rotatable bonds is 4. The lowest BCUT2D eigenvalue weighted by molar-refractivity contribution is -0.116. The van der Waals surface area contributed by atoms with Crippen LogP contribution in [0.25, 0.3) is 0 Å². The highest BCUT2D eigenvalue weighted by Gasteiger charge is 2.29. The van der Waals surface area contributed by atoms with Crippen molar-refractivity contribution in [2.75, 3.05) is 23.8 Å². The van der Waals surface area contributed by atoms with Gasteiger partial charge >= 0.3 is 6.03 Å². The first-order chi connectivity index (χ1) is 12.9. The normalized spacial score (nSPS) is 16.3. The molecule has 1 heterocycles. The third-order valence-corrected chi connectivity index (χ3v) is 4.98. The van der Waals surface area contributed by atoms with Crippen LogP contribution in [0.2, 0.25) is 0 Å². The van der Waals surface area contributed by atoms with Gasteiger partial charge in [0, 0.05) is 37.9 Å². The number of benzene rings is 2. The van der Waals surface area contributed by atoms with E-state index in [1.54, 1.807) is 42.3 Å². The summed E-state index contributed by atoms with van der Waals surface area (Å²) in [6.07, 6.45) is 2.50. The molecule has 0 spiro atoms. The molecule has 1 aliphatic heterocycles. The first-order valence-corrected chi connectivity index (χ1v) is 9.10. The Morgan fingerprint density at radius 2 is 1.96 bits per heavy atom. The summed E-state index contributed by atoms with van der Waals surface area (Å²) < 4.78 is 13.4. The Kier molecular flexibility index (Phi) is 5.74. The summed E-state index contributed by atoms with van der Waals surface area (Å²) in [4.78, 5) is 27.5. The highest BCUT2D eigenvalue weighted by Crippen LogP contribution is 2.23. The van der Waals surface area contributed by atoms with Crippen LogP contribution in [-0.4, -0.2) is 36.5 Å². The van der Waals surface area contributed by atoms with Gasteiger partial charge in [0.15, 0.2) is 0 Å². The first-order valence-electron chi connectivity index (χ1n) is 9.10. The van der Waals surface area contributed by atoms with Crippen LogP contribution in [0.5, 0.6) is 0 Å². The zero-order valence-electron chi connectivity index (χ0n) is 15.6. The lowest BCUT2D eigenvalue weighted by atomic mass is 10.0. The molecule has 0 saturated carbocycles. The molecule has 0 radical (unpaired) electrons. The molecule has 27 heavy (non-hydrogen) atoms.